The molecule has 9 rings (SSSR count). The summed E-state index contributed by atoms with van der Waals surface area (Å²) in [7, 11) is 5.91. The van der Waals surface area contributed by atoms with Crippen molar-refractivity contribution in [1.82, 2.24) is 44.3 Å². The maximum atomic E-state index is 13.2. The van der Waals surface area contributed by atoms with Crippen molar-refractivity contribution in [3.05, 3.63) is 273 Å². The van der Waals surface area contributed by atoms with Crippen molar-refractivity contribution in [1.29, 1.82) is 0 Å². The van der Waals surface area contributed by atoms with Crippen LogP contribution in [0.5, 0.6) is 0 Å². The second-order valence-electron chi connectivity index (χ2n) is 16.7. The topological polar surface area (TPSA) is 334 Å². The smallest absolute Gasteiger partial charge is 0.356 e. The number of carbonyl (C=O) groups is 3. The van der Waals surface area contributed by atoms with E-state index in [1.54, 1.807) is 74.0 Å². The van der Waals surface area contributed by atoms with E-state index < -0.39 is 11.9 Å². The van der Waals surface area contributed by atoms with Gasteiger partial charge in [-0.3, -0.25) is 35.8 Å². The Kier molecular flexibility index (Phi) is 27.5. The second kappa shape index (κ2) is 33.8. The first kappa shape index (κ1) is 66.7. The number of nitrogens with zero attached hydrogens (tertiary/aromatic N) is 9. The molecule has 6 heterocycles. The zero-order valence-electron chi connectivity index (χ0n) is 44.3. The average Bonchev–Trinajstić information content (AvgIpc) is 3.46. The molecular formula is C56H55Cl2F3N12O9. The lowest BCUT2D eigenvalue weighted by molar-refractivity contribution is 0.0593. The Balaban J connectivity index is 0.000000278. The molecule has 0 aliphatic rings. The van der Waals surface area contributed by atoms with Crippen LogP contribution < -0.4 is 34.1 Å². The van der Waals surface area contributed by atoms with Gasteiger partial charge in [0.05, 0.1) is 18.3 Å². The molecule has 26 heteroatoms. The molecular weight excluding hydrogens is 1110 g/mol. The molecule has 0 saturated carbocycles. The SMILES string of the molecule is COC(=O)c1ccc(Cc2cccc(F)c2)cn1.Cn1ncc(Cl)c(Cl)c1=O.Cn1nccc(CC(=O)c2ccc(Cc3cccc(F)c3)cn2)c1=O.Cn1nccc(N)c1=O.NN.O.O=C(O)c1ccc(Cc2cccc(F)c2)cn1. The lowest BCUT2D eigenvalue weighted by Crippen LogP contribution is -2.24. The molecule has 0 atom stereocenters. The molecule has 0 radical (unpaired) electrons. The zero-order chi connectivity index (χ0) is 59.6. The number of hydrazine groups is 1. The van der Waals surface area contributed by atoms with Gasteiger partial charge in [-0.25, -0.2) is 46.8 Å². The summed E-state index contributed by atoms with van der Waals surface area (Å²) in [4.78, 5) is 79.6. The number of carboxylic acid groups (broad SMARTS) is 1. The standard InChI is InChI=1S/C19H16FN3O2.C14H12FNO2.C13H10FNO2.C5H4Cl2N2O.C5H7N3O.H4N2.H2O/c1-23-19(25)15(7-8-22-23)11-18(24)17-6-5-14(12-21-17)9-13-3-2-4-16(20)10-13;1-18-14(17)13-6-5-11(9-16-13)7-10-3-2-4-12(15)8-10;14-11-3-1-2-9(7-11)6-10-4-5-12(13(16)17)15-8-10;1-9-5(10)4(7)3(6)2-8-9;1-8-5(9)4(6)2-3-7-8;1-2;/h2-8,10,12H,9,11H2,1H3;2-6,8-9H,7H2,1H3;1-5,7-8H,6H2,(H,16,17);2H,1H3;2-3H,6H2,1H3;1-2H2;1H2. The van der Waals surface area contributed by atoms with Crippen LogP contribution in [0.2, 0.25) is 10.0 Å². The number of nitrogens with two attached hydrogens (primary N) is 3. The van der Waals surface area contributed by atoms with E-state index in [0.29, 0.717) is 30.5 Å². The Labute approximate surface area is 476 Å². The molecule has 6 aromatic heterocycles. The molecule has 0 fully saturated rings. The van der Waals surface area contributed by atoms with Crippen molar-refractivity contribution in [2.75, 3.05) is 12.8 Å². The van der Waals surface area contributed by atoms with E-state index in [4.69, 9.17) is 34.0 Å². The summed E-state index contributed by atoms with van der Waals surface area (Å²) >= 11 is 11.0. The van der Waals surface area contributed by atoms with E-state index in [2.05, 4.69) is 46.7 Å². The first-order chi connectivity index (χ1) is 38.7. The fraction of sp³-hybridized carbons (Fsp3) is 0.143. The van der Waals surface area contributed by atoms with Gasteiger partial charge in [-0.1, -0.05) is 77.8 Å². The van der Waals surface area contributed by atoms with Crippen molar-refractivity contribution < 1.29 is 42.9 Å². The summed E-state index contributed by atoms with van der Waals surface area (Å²) in [5, 5.41) is 20.0. The molecule has 428 valence electrons. The zero-order valence-corrected chi connectivity index (χ0v) is 45.8. The number of rotatable bonds is 11. The second-order valence-corrected chi connectivity index (χ2v) is 17.5. The molecule has 82 heavy (non-hydrogen) atoms. The highest BCUT2D eigenvalue weighted by molar-refractivity contribution is 6.41. The molecule has 0 spiro atoms. The summed E-state index contributed by atoms with van der Waals surface area (Å²) in [6.45, 7) is 0. The molecule has 0 aliphatic heterocycles. The van der Waals surface area contributed by atoms with Gasteiger partial charge in [0.2, 0.25) is 0 Å². The number of ether oxygens (including phenoxy) is 1. The average molecular weight is 1170 g/mol. The number of ketones is 1. The molecule has 0 unspecified atom stereocenters. The minimum Gasteiger partial charge on any atom is -0.477 e. The van der Waals surface area contributed by atoms with Gasteiger partial charge in [0.25, 0.3) is 16.7 Å². The van der Waals surface area contributed by atoms with Crippen LogP contribution in [0.4, 0.5) is 18.9 Å². The number of pyridine rings is 3. The van der Waals surface area contributed by atoms with Gasteiger partial charge in [0.1, 0.15) is 45.2 Å². The van der Waals surface area contributed by atoms with E-state index in [9.17, 15) is 41.9 Å². The molecule has 3 aromatic carbocycles. The van der Waals surface area contributed by atoms with Crippen molar-refractivity contribution in [3.8, 4) is 0 Å². The highest BCUT2D eigenvalue weighted by Gasteiger charge is 2.13. The highest BCUT2D eigenvalue weighted by Crippen LogP contribution is 2.16. The number of Topliss-reactive ketones (excluding diaryl/α,β-unsaturated/α-hetero) is 1. The van der Waals surface area contributed by atoms with Crippen LogP contribution in [0.1, 0.15) is 70.4 Å². The number of aryl methyl sites for hydroxylation is 3. The van der Waals surface area contributed by atoms with E-state index in [1.807, 2.05) is 18.2 Å². The predicted molar refractivity (Wildman–Crippen MR) is 302 cm³/mol. The first-order valence-electron chi connectivity index (χ1n) is 23.6. The summed E-state index contributed by atoms with van der Waals surface area (Å²) in [5.41, 5.74) is 10.7. The fourth-order valence-corrected chi connectivity index (χ4v) is 7.02. The van der Waals surface area contributed by atoms with Gasteiger partial charge >= 0.3 is 11.9 Å². The molecule has 9 N–H and O–H groups in total. The predicted octanol–water partition coefficient (Wildman–Crippen LogP) is 5.88. The molecule has 0 bridgehead atoms. The summed E-state index contributed by atoms with van der Waals surface area (Å²) in [6, 6.07) is 32.0. The van der Waals surface area contributed by atoms with Crippen LogP contribution in [0.25, 0.3) is 0 Å². The number of aromatic carboxylic acids is 1. The molecule has 0 aliphatic carbocycles. The van der Waals surface area contributed by atoms with Gasteiger partial charge in [0, 0.05) is 64.1 Å². The first-order valence-corrected chi connectivity index (χ1v) is 24.4. The minimum absolute atomic E-state index is 0. The third-order valence-electron chi connectivity index (χ3n) is 10.8. The lowest BCUT2D eigenvalue weighted by atomic mass is 10.0. The van der Waals surface area contributed by atoms with Crippen molar-refractivity contribution >= 4 is 46.6 Å². The lowest BCUT2D eigenvalue weighted by Gasteiger charge is -2.05. The quantitative estimate of drug-likeness (QED) is 0.0508. The molecule has 21 nitrogen and oxygen atoms in total. The van der Waals surface area contributed by atoms with E-state index in [-0.39, 0.29) is 78.9 Å². The van der Waals surface area contributed by atoms with Gasteiger partial charge < -0.3 is 21.1 Å². The number of halogens is 5. The Morgan fingerprint density at radius 1 is 0.549 bits per heavy atom. The van der Waals surface area contributed by atoms with Crippen LogP contribution in [0.3, 0.4) is 0 Å². The van der Waals surface area contributed by atoms with Crippen LogP contribution in [0.15, 0.2) is 173 Å². The van der Waals surface area contributed by atoms with Gasteiger partial charge in [-0.15, -0.1) is 0 Å². The summed E-state index contributed by atoms with van der Waals surface area (Å²) < 4.78 is 47.2. The van der Waals surface area contributed by atoms with Gasteiger partial charge in [-0.05, 0) is 119 Å². The number of hydrogen-bond acceptors (Lipinski definition) is 16. The van der Waals surface area contributed by atoms with Crippen LogP contribution in [-0.4, -0.2) is 79.7 Å². The van der Waals surface area contributed by atoms with Crippen molar-refractivity contribution in [2.24, 2.45) is 32.8 Å². The minimum atomic E-state index is -1.05. The number of methoxy groups -OCH3 is 1. The monoisotopic (exact) mass is 1170 g/mol. The number of hydrogen-bond donors (Lipinski definition) is 4. The van der Waals surface area contributed by atoms with Crippen molar-refractivity contribution in [3.63, 3.8) is 0 Å². The number of esters is 1. The maximum Gasteiger partial charge on any atom is 0.356 e. The maximum absolute atomic E-state index is 13.2. The van der Waals surface area contributed by atoms with E-state index >= 15 is 0 Å². The van der Waals surface area contributed by atoms with E-state index in [1.165, 1.54) is 104 Å². The third-order valence-corrected chi connectivity index (χ3v) is 11.5. The normalized spacial score (nSPS) is 9.89. The number of aromatic nitrogens is 9. The number of carboxylic acids is 1. The van der Waals surface area contributed by atoms with Crippen LogP contribution >= 0.6 is 23.2 Å². The largest absolute Gasteiger partial charge is 0.477 e. The number of anilines is 1. The van der Waals surface area contributed by atoms with E-state index in [0.717, 1.165) is 38.1 Å². The summed E-state index contributed by atoms with van der Waals surface area (Å²) in [6.07, 6.45) is 10.6. The third kappa shape index (κ3) is 21.6. The van der Waals surface area contributed by atoms with Gasteiger partial charge in [0.15, 0.2) is 5.78 Å². The van der Waals surface area contributed by atoms with Crippen molar-refractivity contribution in [2.45, 2.75) is 25.7 Å². The Bertz CT molecular complexity index is 3700. The number of nitrogen functional groups attached to an aromatic ring is 1. The molecule has 0 saturated heterocycles. The van der Waals surface area contributed by atoms with Crippen LogP contribution in [0, 0.1) is 17.5 Å². The Hall–Kier alpha value is -9.59. The Morgan fingerprint density at radius 3 is 1.34 bits per heavy atom. The fourth-order valence-electron chi connectivity index (χ4n) is 6.72. The molecule has 9 aromatic rings. The summed E-state index contributed by atoms with van der Waals surface area (Å²) in [5.74, 6) is 5.43. The van der Waals surface area contributed by atoms with Gasteiger partial charge in [-0.2, -0.15) is 15.3 Å². The highest BCUT2D eigenvalue weighted by atomic mass is 35.5. The Morgan fingerprint density at radius 2 is 0.963 bits per heavy atom. The molecule has 0 amide bonds. The van der Waals surface area contributed by atoms with Crippen LogP contribution in [-0.2, 0) is 51.6 Å². The number of benzene rings is 3. The number of carbonyl (C=O) groups excluding carboxylic acids is 2.